The van der Waals surface area contributed by atoms with E-state index in [0.717, 1.165) is 16.9 Å². The lowest BCUT2D eigenvalue weighted by Gasteiger charge is -2.10. The summed E-state index contributed by atoms with van der Waals surface area (Å²) in [5, 5.41) is 3.16. The first-order valence-electron chi connectivity index (χ1n) is 7.83. The minimum Gasteiger partial charge on any atom is -0.370 e. The summed E-state index contributed by atoms with van der Waals surface area (Å²) >= 11 is 0. The predicted molar refractivity (Wildman–Crippen MR) is 98.4 cm³/mol. The van der Waals surface area contributed by atoms with Gasteiger partial charge in [-0.05, 0) is 48.7 Å². The summed E-state index contributed by atoms with van der Waals surface area (Å²) < 4.78 is 1.97. The van der Waals surface area contributed by atoms with Gasteiger partial charge in [0.05, 0.1) is 18.6 Å². The van der Waals surface area contributed by atoms with Crippen molar-refractivity contribution in [1.82, 2.24) is 9.55 Å². The molecule has 0 saturated carbocycles. The number of hydrogen-bond acceptors (Lipinski definition) is 2. The quantitative estimate of drug-likeness (QED) is 0.572. The van der Waals surface area contributed by atoms with Crippen LogP contribution in [0, 0.1) is 13.8 Å². The number of imidazole rings is 1. The van der Waals surface area contributed by atoms with E-state index in [0.29, 0.717) is 12.5 Å². The van der Waals surface area contributed by atoms with Crippen molar-refractivity contribution in [3.8, 4) is 5.69 Å². The smallest absolute Gasteiger partial charge is 0.193 e. The topological polar surface area (TPSA) is 68.2 Å². The van der Waals surface area contributed by atoms with Gasteiger partial charge in [0.25, 0.3) is 0 Å². The van der Waals surface area contributed by atoms with Crippen molar-refractivity contribution >= 4 is 11.6 Å². The van der Waals surface area contributed by atoms with Crippen LogP contribution in [0.15, 0.2) is 66.2 Å². The highest BCUT2D eigenvalue weighted by Gasteiger charge is 2.03. The van der Waals surface area contributed by atoms with Gasteiger partial charge in [-0.3, -0.25) is 0 Å². The number of anilines is 1. The van der Waals surface area contributed by atoms with Gasteiger partial charge in [-0.1, -0.05) is 24.3 Å². The maximum absolute atomic E-state index is 6.04. The van der Waals surface area contributed by atoms with Gasteiger partial charge < -0.3 is 15.6 Å². The van der Waals surface area contributed by atoms with Gasteiger partial charge in [-0.25, -0.2) is 9.98 Å². The fourth-order valence-electron chi connectivity index (χ4n) is 2.70. The summed E-state index contributed by atoms with van der Waals surface area (Å²) in [6, 6.07) is 14.3. The summed E-state index contributed by atoms with van der Waals surface area (Å²) in [4.78, 5) is 8.57. The number of guanidine groups is 1. The van der Waals surface area contributed by atoms with Crippen LogP contribution >= 0.6 is 0 Å². The van der Waals surface area contributed by atoms with Crippen molar-refractivity contribution in [2.24, 2.45) is 10.7 Å². The molecule has 5 heteroatoms. The summed E-state index contributed by atoms with van der Waals surface area (Å²) in [5.74, 6) is 0.403. The number of nitrogens with two attached hydrogens (primary N) is 1. The van der Waals surface area contributed by atoms with Gasteiger partial charge in [-0.2, -0.15) is 0 Å². The fraction of sp³-hybridized carbons (Fsp3) is 0.158. The van der Waals surface area contributed by atoms with Crippen LogP contribution < -0.4 is 11.1 Å². The number of benzene rings is 2. The number of aromatic nitrogens is 2. The van der Waals surface area contributed by atoms with Gasteiger partial charge in [0.2, 0.25) is 0 Å². The molecular formula is C19H21N5. The minimum absolute atomic E-state index is 0.403. The summed E-state index contributed by atoms with van der Waals surface area (Å²) in [5.41, 5.74) is 11.5. The zero-order valence-electron chi connectivity index (χ0n) is 13.9. The number of rotatable bonds is 4. The summed E-state index contributed by atoms with van der Waals surface area (Å²) in [6.07, 6.45) is 5.45. The van der Waals surface area contributed by atoms with E-state index >= 15 is 0 Å². The Labute approximate surface area is 141 Å². The predicted octanol–water partition coefficient (Wildman–Crippen LogP) is 3.42. The first-order chi connectivity index (χ1) is 11.6. The third-order valence-electron chi connectivity index (χ3n) is 3.69. The molecule has 2 aromatic carbocycles. The Morgan fingerprint density at radius 2 is 1.92 bits per heavy atom. The molecule has 0 fully saturated rings. The molecular weight excluding hydrogens is 298 g/mol. The SMILES string of the molecule is Cc1cc(C)cc(NC(N)=NCc2ccccc2-n2ccnc2)c1. The molecule has 0 aliphatic rings. The molecule has 1 aromatic heterocycles. The molecule has 0 amide bonds. The lowest BCUT2D eigenvalue weighted by atomic mass is 10.1. The molecule has 122 valence electrons. The molecule has 3 rings (SSSR count). The molecule has 0 aliphatic heterocycles. The minimum atomic E-state index is 0.403. The molecule has 5 nitrogen and oxygen atoms in total. The van der Waals surface area contributed by atoms with Crippen LogP contribution in [-0.4, -0.2) is 15.5 Å². The molecule has 0 bridgehead atoms. The third kappa shape index (κ3) is 3.81. The largest absolute Gasteiger partial charge is 0.370 e. The Hall–Kier alpha value is -3.08. The zero-order chi connectivity index (χ0) is 16.9. The molecule has 0 unspecified atom stereocenters. The average molecular weight is 319 g/mol. The molecule has 0 atom stereocenters. The average Bonchev–Trinajstić information content (AvgIpc) is 3.06. The van der Waals surface area contributed by atoms with Crippen LogP contribution in [0.4, 0.5) is 5.69 Å². The van der Waals surface area contributed by atoms with Crippen molar-refractivity contribution in [3.63, 3.8) is 0 Å². The van der Waals surface area contributed by atoms with Gasteiger partial charge in [0.1, 0.15) is 0 Å². The first kappa shape index (κ1) is 15.8. The van der Waals surface area contributed by atoms with E-state index in [4.69, 9.17) is 5.73 Å². The van der Waals surface area contributed by atoms with Gasteiger partial charge in [0, 0.05) is 18.1 Å². The Morgan fingerprint density at radius 3 is 2.62 bits per heavy atom. The highest BCUT2D eigenvalue weighted by Crippen LogP contribution is 2.16. The number of nitrogens with one attached hydrogen (secondary N) is 1. The van der Waals surface area contributed by atoms with Crippen molar-refractivity contribution in [2.45, 2.75) is 20.4 Å². The second-order valence-corrected chi connectivity index (χ2v) is 5.80. The normalized spacial score (nSPS) is 11.5. The number of hydrogen-bond donors (Lipinski definition) is 2. The van der Waals surface area contributed by atoms with E-state index in [1.54, 1.807) is 12.5 Å². The number of aliphatic imine (C=N–C) groups is 1. The summed E-state index contributed by atoms with van der Waals surface area (Å²) in [6.45, 7) is 4.62. The molecule has 0 spiro atoms. The highest BCUT2D eigenvalue weighted by molar-refractivity contribution is 5.92. The van der Waals surface area contributed by atoms with Crippen molar-refractivity contribution in [1.29, 1.82) is 0 Å². The van der Waals surface area contributed by atoms with Crippen molar-refractivity contribution in [2.75, 3.05) is 5.32 Å². The van der Waals surface area contributed by atoms with Crippen molar-refractivity contribution in [3.05, 3.63) is 77.9 Å². The lowest BCUT2D eigenvalue weighted by Crippen LogP contribution is -2.22. The van der Waals surface area contributed by atoms with Crippen LogP contribution in [0.3, 0.4) is 0 Å². The second kappa shape index (κ2) is 7.00. The maximum atomic E-state index is 6.04. The lowest BCUT2D eigenvalue weighted by molar-refractivity contribution is 0.980. The van der Waals surface area contributed by atoms with Gasteiger partial charge in [-0.15, -0.1) is 0 Å². The molecule has 0 aliphatic carbocycles. The van der Waals surface area contributed by atoms with Crippen LogP contribution in [-0.2, 0) is 6.54 Å². The zero-order valence-corrected chi connectivity index (χ0v) is 13.9. The number of aryl methyl sites for hydroxylation is 2. The monoisotopic (exact) mass is 319 g/mol. The van der Waals surface area contributed by atoms with E-state index in [1.165, 1.54) is 11.1 Å². The van der Waals surface area contributed by atoms with Crippen molar-refractivity contribution < 1.29 is 0 Å². The Balaban J connectivity index is 1.76. The third-order valence-corrected chi connectivity index (χ3v) is 3.69. The molecule has 3 aromatic rings. The van der Waals surface area contributed by atoms with Crippen LogP contribution in [0.25, 0.3) is 5.69 Å². The number of nitrogens with zero attached hydrogens (tertiary/aromatic N) is 3. The molecule has 1 heterocycles. The van der Waals surface area contributed by atoms with Gasteiger partial charge in [0.15, 0.2) is 5.96 Å². The van der Waals surface area contributed by atoms with E-state index in [9.17, 15) is 0 Å². The van der Waals surface area contributed by atoms with E-state index in [-0.39, 0.29) is 0 Å². The molecule has 24 heavy (non-hydrogen) atoms. The summed E-state index contributed by atoms with van der Waals surface area (Å²) in [7, 11) is 0. The fourth-order valence-corrected chi connectivity index (χ4v) is 2.70. The molecule has 3 N–H and O–H groups in total. The highest BCUT2D eigenvalue weighted by atomic mass is 15.1. The molecule has 0 radical (unpaired) electrons. The maximum Gasteiger partial charge on any atom is 0.193 e. The van der Waals surface area contributed by atoms with Crippen LogP contribution in [0.1, 0.15) is 16.7 Å². The van der Waals surface area contributed by atoms with Crippen LogP contribution in [0.2, 0.25) is 0 Å². The first-order valence-corrected chi connectivity index (χ1v) is 7.83. The van der Waals surface area contributed by atoms with E-state index < -0.39 is 0 Å². The Kier molecular flexibility index (Phi) is 4.61. The molecule has 0 saturated heterocycles. The number of para-hydroxylation sites is 1. The van der Waals surface area contributed by atoms with Crippen LogP contribution in [0.5, 0.6) is 0 Å². The standard InChI is InChI=1S/C19H21N5/c1-14-9-15(2)11-17(10-14)23-19(20)22-12-16-5-3-4-6-18(16)24-8-7-21-13-24/h3-11,13H,12H2,1-2H3,(H3,20,22,23). The van der Waals surface area contributed by atoms with E-state index in [2.05, 4.69) is 47.3 Å². The van der Waals surface area contributed by atoms with E-state index in [1.807, 2.05) is 35.0 Å². The Bertz CT molecular complexity index is 830. The van der Waals surface area contributed by atoms with Gasteiger partial charge >= 0.3 is 0 Å². The second-order valence-electron chi connectivity index (χ2n) is 5.80. The Morgan fingerprint density at radius 1 is 1.17 bits per heavy atom.